The molecule has 0 bridgehead atoms. The maximum atomic E-state index is 12.8. The third-order valence-electron chi connectivity index (χ3n) is 5.41. The average Bonchev–Trinajstić information content (AvgIpc) is 3.20. The van der Waals surface area contributed by atoms with Gasteiger partial charge in [-0.2, -0.15) is 0 Å². The second kappa shape index (κ2) is 12.1. The fraction of sp³-hybridized carbons (Fsp3) is 0.800. The van der Waals surface area contributed by atoms with E-state index in [0.29, 0.717) is 19.4 Å². The Morgan fingerprint density at radius 1 is 1.09 bits per heavy atom. The molecule has 1 fully saturated rings. The van der Waals surface area contributed by atoms with Gasteiger partial charge in [0.05, 0.1) is 6.04 Å². The zero-order valence-electron chi connectivity index (χ0n) is 19.3. The Morgan fingerprint density at radius 2 is 1.72 bits per heavy atom. The van der Waals surface area contributed by atoms with Gasteiger partial charge in [-0.05, 0) is 40.5 Å². The summed E-state index contributed by atoms with van der Waals surface area (Å²) < 4.78 is 4.64. The highest BCUT2D eigenvalue weighted by Gasteiger charge is 2.38. The molecule has 0 saturated carbocycles. The van der Waals surface area contributed by atoms with E-state index in [1.54, 1.807) is 0 Å². The van der Waals surface area contributed by atoms with Crippen molar-refractivity contribution >= 4 is 23.6 Å². The van der Waals surface area contributed by atoms with Crippen LogP contribution >= 0.6 is 0 Å². The SMILES string of the molecule is COC(O)CCC(=O)N[C@@H](C)C(=O)N[C@@H](C)C(=O)N1CCC[C@H]1C(=O)N[C@@H](C)C(C)(O)O. The number of hydrogen-bond acceptors (Lipinski definition) is 8. The summed E-state index contributed by atoms with van der Waals surface area (Å²) in [5.74, 6) is -4.09. The molecular weight excluding hydrogens is 424 g/mol. The molecule has 4 amide bonds. The summed E-state index contributed by atoms with van der Waals surface area (Å²) in [7, 11) is 1.31. The van der Waals surface area contributed by atoms with Gasteiger partial charge in [0.2, 0.25) is 23.6 Å². The molecule has 32 heavy (non-hydrogen) atoms. The molecule has 0 aliphatic carbocycles. The lowest BCUT2D eigenvalue weighted by molar-refractivity contribution is -0.169. The average molecular weight is 461 g/mol. The molecule has 1 aliphatic heterocycles. The maximum absolute atomic E-state index is 12.8. The van der Waals surface area contributed by atoms with Gasteiger partial charge in [0, 0.05) is 26.5 Å². The van der Waals surface area contributed by atoms with Crippen LogP contribution < -0.4 is 16.0 Å². The quantitative estimate of drug-likeness (QED) is 0.191. The Morgan fingerprint density at radius 3 is 2.28 bits per heavy atom. The zero-order valence-corrected chi connectivity index (χ0v) is 19.3. The van der Waals surface area contributed by atoms with Crippen molar-refractivity contribution in [1.82, 2.24) is 20.9 Å². The molecule has 12 heteroatoms. The number of carbonyl (C=O) groups is 4. The highest BCUT2D eigenvalue weighted by molar-refractivity contribution is 5.94. The number of aliphatic hydroxyl groups excluding tert-OH is 1. The summed E-state index contributed by atoms with van der Waals surface area (Å²) in [6.45, 7) is 5.86. The van der Waals surface area contributed by atoms with Gasteiger partial charge in [-0.1, -0.05) is 0 Å². The number of hydrogen-bond donors (Lipinski definition) is 6. The summed E-state index contributed by atoms with van der Waals surface area (Å²) in [6.07, 6.45) is -0.0225. The molecule has 1 heterocycles. The Bertz CT molecular complexity index is 681. The molecule has 1 unspecified atom stereocenters. The van der Waals surface area contributed by atoms with E-state index in [2.05, 4.69) is 20.7 Å². The predicted molar refractivity (Wildman–Crippen MR) is 113 cm³/mol. The Hall–Kier alpha value is -2.28. The van der Waals surface area contributed by atoms with Crippen molar-refractivity contribution in [2.24, 2.45) is 0 Å². The lowest BCUT2D eigenvalue weighted by Gasteiger charge is -2.30. The molecule has 12 nitrogen and oxygen atoms in total. The van der Waals surface area contributed by atoms with Gasteiger partial charge in [0.1, 0.15) is 18.1 Å². The van der Waals surface area contributed by atoms with Crippen LogP contribution in [0.25, 0.3) is 0 Å². The molecule has 1 aliphatic rings. The van der Waals surface area contributed by atoms with Crippen LogP contribution in [0.3, 0.4) is 0 Å². The fourth-order valence-corrected chi connectivity index (χ4v) is 3.15. The first-order valence-corrected chi connectivity index (χ1v) is 10.6. The number of amides is 4. The van der Waals surface area contributed by atoms with Gasteiger partial charge in [-0.25, -0.2) is 0 Å². The van der Waals surface area contributed by atoms with Gasteiger partial charge in [0.15, 0.2) is 12.1 Å². The molecule has 0 aromatic heterocycles. The normalized spacial score (nSPS) is 20.1. The van der Waals surface area contributed by atoms with Crippen LogP contribution in [0.5, 0.6) is 0 Å². The third-order valence-corrected chi connectivity index (χ3v) is 5.41. The first-order valence-electron chi connectivity index (χ1n) is 10.6. The molecule has 1 saturated heterocycles. The van der Waals surface area contributed by atoms with Crippen molar-refractivity contribution in [1.29, 1.82) is 0 Å². The monoisotopic (exact) mass is 460 g/mol. The summed E-state index contributed by atoms with van der Waals surface area (Å²) >= 11 is 0. The second-order valence-electron chi connectivity index (χ2n) is 8.26. The predicted octanol–water partition coefficient (Wildman–Crippen LogP) is -2.06. The van der Waals surface area contributed by atoms with Crippen LogP contribution in [0.15, 0.2) is 0 Å². The van der Waals surface area contributed by atoms with Gasteiger partial charge in [-0.15, -0.1) is 0 Å². The Balaban J connectivity index is 2.61. The van der Waals surface area contributed by atoms with Gasteiger partial charge in [0.25, 0.3) is 0 Å². The van der Waals surface area contributed by atoms with Crippen molar-refractivity contribution < 1.29 is 39.2 Å². The molecule has 1 rings (SSSR count). The number of rotatable bonds is 11. The largest absolute Gasteiger partial charge is 0.368 e. The number of likely N-dealkylation sites (tertiary alicyclic amines) is 1. The Labute approximate surface area is 187 Å². The fourth-order valence-electron chi connectivity index (χ4n) is 3.15. The number of carbonyl (C=O) groups excluding carboxylic acids is 4. The van der Waals surface area contributed by atoms with Crippen LogP contribution in [0.1, 0.15) is 53.4 Å². The van der Waals surface area contributed by atoms with Gasteiger partial charge >= 0.3 is 0 Å². The molecule has 5 atom stereocenters. The standard InChI is InChI=1S/C20H36N4O8/c1-11(21-15(25)8-9-16(26)32-5)17(27)22-12(2)19(29)24-10-6-7-14(24)18(28)23-13(3)20(4,30)31/h11-14,16,26,30-31H,6-10H2,1-5H3,(H,21,25)(H,22,27)(H,23,28)/t11-,12-,13-,14-,16?/m0/s1. The van der Waals surface area contributed by atoms with Crippen LogP contribution in [-0.2, 0) is 23.9 Å². The van der Waals surface area contributed by atoms with Gasteiger partial charge in [-0.3, -0.25) is 19.2 Å². The van der Waals surface area contributed by atoms with E-state index in [4.69, 9.17) is 0 Å². The van der Waals surface area contributed by atoms with E-state index in [-0.39, 0.29) is 12.8 Å². The number of nitrogens with one attached hydrogen (secondary N) is 3. The summed E-state index contributed by atoms with van der Waals surface area (Å²) in [4.78, 5) is 51.0. The third kappa shape index (κ3) is 8.34. The molecular formula is C20H36N4O8. The van der Waals surface area contributed by atoms with Crippen LogP contribution in [0, 0.1) is 0 Å². The number of methoxy groups -OCH3 is 1. The van der Waals surface area contributed by atoms with Crippen LogP contribution in [0.4, 0.5) is 0 Å². The van der Waals surface area contributed by atoms with E-state index >= 15 is 0 Å². The van der Waals surface area contributed by atoms with Crippen LogP contribution in [-0.4, -0.2) is 93.7 Å². The summed E-state index contributed by atoms with van der Waals surface area (Å²) in [6, 6.07) is -3.58. The molecule has 0 radical (unpaired) electrons. The smallest absolute Gasteiger partial charge is 0.245 e. The minimum Gasteiger partial charge on any atom is -0.368 e. The van der Waals surface area contributed by atoms with E-state index < -0.39 is 59.9 Å². The van der Waals surface area contributed by atoms with Crippen molar-refractivity contribution in [2.45, 2.75) is 89.6 Å². The maximum Gasteiger partial charge on any atom is 0.245 e. The number of nitrogens with zero attached hydrogens (tertiary/aromatic N) is 1. The summed E-state index contributed by atoms with van der Waals surface area (Å²) in [5.41, 5.74) is 0. The molecule has 0 aromatic carbocycles. The zero-order chi connectivity index (χ0) is 24.6. The Kier molecular flexibility index (Phi) is 10.5. The minimum atomic E-state index is -2.10. The number of ether oxygens (including phenoxy) is 1. The van der Waals surface area contributed by atoms with E-state index in [1.807, 2.05) is 0 Å². The highest BCUT2D eigenvalue weighted by atomic mass is 16.6. The number of aliphatic hydroxyl groups is 3. The lowest BCUT2D eigenvalue weighted by atomic mass is 10.1. The van der Waals surface area contributed by atoms with E-state index in [9.17, 15) is 34.5 Å². The first kappa shape index (κ1) is 27.8. The second-order valence-corrected chi connectivity index (χ2v) is 8.26. The van der Waals surface area contributed by atoms with Crippen molar-refractivity contribution in [3.63, 3.8) is 0 Å². The van der Waals surface area contributed by atoms with Gasteiger partial charge < -0.3 is 40.9 Å². The first-order chi connectivity index (χ1) is 14.8. The van der Waals surface area contributed by atoms with Crippen molar-refractivity contribution in [2.75, 3.05) is 13.7 Å². The minimum absolute atomic E-state index is 0.0369. The topological polar surface area (TPSA) is 178 Å². The summed E-state index contributed by atoms with van der Waals surface area (Å²) in [5, 5.41) is 36.0. The van der Waals surface area contributed by atoms with Crippen molar-refractivity contribution in [3.05, 3.63) is 0 Å². The highest BCUT2D eigenvalue weighted by Crippen LogP contribution is 2.19. The van der Waals surface area contributed by atoms with Crippen LogP contribution in [0.2, 0.25) is 0 Å². The molecule has 184 valence electrons. The molecule has 0 spiro atoms. The lowest BCUT2D eigenvalue weighted by Crippen LogP contribution is -2.57. The van der Waals surface area contributed by atoms with Crippen molar-refractivity contribution in [3.8, 4) is 0 Å². The molecule has 0 aromatic rings. The molecule has 6 N–H and O–H groups in total. The van der Waals surface area contributed by atoms with E-state index in [1.165, 1.54) is 32.8 Å². The van der Waals surface area contributed by atoms with E-state index in [0.717, 1.165) is 6.92 Å².